The fraction of sp³-hybridized carbons (Fsp3) is 0.984. The van der Waals surface area contributed by atoms with Crippen LogP contribution < -0.4 is 5.32 Å². The molecule has 3 aliphatic heterocycles. The molecule has 0 aromatic carbocycles. The van der Waals surface area contributed by atoms with E-state index in [0.717, 1.165) is 131 Å². The van der Waals surface area contributed by atoms with Gasteiger partial charge in [0.2, 0.25) is 0 Å². The van der Waals surface area contributed by atoms with Crippen molar-refractivity contribution >= 4 is 6.09 Å². The molecular weight excluding hydrogens is 1040 g/mol. The second-order valence-electron chi connectivity index (χ2n) is 22.6. The van der Waals surface area contributed by atoms with Crippen molar-refractivity contribution in [3.05, 3.63) is 0 Å². The molecule has 3 heterocycles. The maximum absolute atomic E-state index is 12.7. The van der Waals surface area contributed by atoms with E-state index in [2.05, 4.69) is 24.9 Å². The van der Waals surface area contributed by atoms with Crippen molar-refractivity contribution in [2.45, 2.75) is 129 Å². The van der Waals surface area contributed by atoms with Gasteiger partial charge in [-0.25, -0.2) is 4.79 Å². The third-order valence-electron chi connectivity index (χ3n) is 14.6. The number of amides is 1. The summed E-state index contributed by atoms with van der Waals surface area (Å²) in [5.41, 5.74) is -0.557. The second-order valence-corrected chi connectivity index (χ2v) is 22.6. The summed E-state index contributed by atoms with van der Waals surface area (Å²) in [4.78, 5) is 24.3. The Morgan fingerprint density at radius 2 is 0.494 bits per heavy atom. The molecule has 0 atom stereocenters. The third-order valence-corrected chi connectivity index (χ3v) is 14.6. The van der Waals surface area contributed by atoms with E-state index in [0.29, 0.717) is 132 Å². The van der Waals surface area contributed by atoms with Crippen molar-refractivity contribution < 1.29 is 66.4 Å². The largest absolute Gasteiger partial charge is 0.444 e. The second kappa shape index (κ2) is 55.2. The summed E-state index contributed by atoms with van der Waals surface area (Å²) in [6.07, 6.45) is 19.9. The lowest BCUT2D eigenvalue weighted by Crippen LogP contribution is -2.40. The van der Waals surface area contributed by atoms with E-state index in [9.17, 15) is 4.79 Å². The summed E-state index contributed by atoms with van der Waals surface area (Å²) in [7, 11) is 0. The molecule has 0 unspecified atom stereocenters. The molecular formula is C61H122N6O14. The topological polar surface area (TPSA) is 165 Å². The highest BCUT2D eigenvalue weighted by atomic mass is 16.6. The number of nitrogens with one attached hydrogen (secondary N) is 1. The van der Waals surface area contributed by atoms with Crippen molar-refractivity contribution in [3.8, 4) is 0 Å². The molecule has 0 aromatic rings. The van der Waals surface area contributed by atoms with Crippen LogP contribution in [-0.2, 0) is 61.6 Å². The molecule has 0 aromatic heterocycles. The van der Waals surface area contributed by atoms with Crippen LogP contribution in [0.3, 0.4) is 0 Å². The first kappa shape index (κ1) is 73.8. The molecule has 3 fully saturated rings. The lowest BCUT2D eigenvalue weighted by Gasteiger charge is -2.27. The molecule has 0 saturated carbocycles. The molecule has 20 nitrogen and oxygen atoms in total. The minimum absolute atomic E-state index is 0.353. The van der Waals surface area contributed by atoms with Crippen LogP contribution in [0.25, 0.3) is 0 Å². The molecule has 0 aliphatic carbocycles. The van der Waals surface area contributed by atoms with Gasteiger partial charge < -0.3 is 71.8 Å². The SMILES string of the molecule is CC(C)(C)OC(=O)N1CCOCCOCCN(CCCCCCCCCCN2CCOCCOCCN(CCCCCCCCCCN3CCOCCOCCNCCOCCOCC3)CCOCCOCC2)CCOCCOCC1. The summed E-state index contributed by atoms with van der Waals surface area (Å²) in [5.74, 6) is 0. The highest BCUT2D eigenvalue weighted by Gasteiger charge is 2.22. The highest BCUT2D eigenvalue weighted by Crippen LogP contribution is 2.13. The van der Waals surface area contributed by atoms with E-state index in [1.807, 2.05) is 20.8 Å². The highest BCUT2D eigenvalue weighted by molar-refractivity contribution is 5.68. The predicted molar refractivity (Wildman–Crippen MR) is 320 cm³/mol. The Morgan fingerprint density at radius 1 is 0.296 bits per heavy atom. The Balaban J connectivity index is 1.17. The molecule has 1 amide bonds. The first-order chi connectivity index (χ1) is 39.9. The smallest absolute Gasteiger partial charge is 0.410 e. The van der Waals surface area contributed by atoms with Gasteiger partial charge >= 0.3 is 6.09 Å². The van der Waals surface area contributed by atoms with Crippen LogP contribution in [-0.4, -0.2) is 299 Å². The van der Waals surface area contributed by atoms with Gasteiger partial charge in [-0.2, -0.15) is 0 Å². The zero-order valence-corrected chi connectivity index (χ0v) is 52.0. The molecule has 0 bridgehead atoms. The van der Waals surface area contributed by atoms with Gasteiger partial charge in [-0.15, -0.1) is 0 Å². The Kier molecular flexibility index (Phi) is 50.3. The van der Waals surface area contributed by atoms with Crippen LogP contribution >= 0.6 is 0 Å². The van der Waals surface area contributed by atoms with Crippen LogP contribution in [0.1, 0.15) is 124 Å². The number of carbonyl (C=O) groups is 1. The fourth-order valence-electron chi connectivity index (χ4n) is 9.67. The van der Waals surface area contributed by atoms with Gasteiger partial charge in [0.25, 0.3) is 0 Å². The minimum Gasteiger partial charge on any atom is -0.444 e. The first-order valence-electron chi connectivity index (χ1n) is 32.4. The van der Waals surface area contributed by atoms with Gasteiger partial charge in [-0.1, -0.05) is 77.0 Å². The summed E-state index contributed by atoms with van der Waals surface area (Å²) in [6, 6.07) is 0. The van der Waals surface area contributed by atoms with Crippen LogP contribution in [0.5, 0.6) is 0 Å². The number of carbonyl (C=O) groups excluding carboxylic acids is 1. The summed E-state index contributed by atoms with van der Waals surface area (Å²) < 4.78 is 76.2. The number of ether oxygens (including phenoxy) is 13. The van der Waals surface area contributed by atoms with Crippen molar-refractivity contribution in [2.24, 2.45) is 0 Å². The van der Waals surface area contributed by atoms with E-state index >= 15 is 0 Å². The van der Waals surface area contributed by atoms with Crippen LogP contribution in [0.2, 0.25) is 0 Å². The van der Waals surface area contributed by atoms with Crippen LogP contribution in [0.15, 0.2) is 0 Å². The molecule has 0 radical (unpaired) electrons. The molecule has 3 aliphatic rings. The number of rotatable bonds is 22. The van der Waals surface area contributed by atoms with Gasteiger partial charge in [0, 0.05) is 78.5 Å². The van der Waals surface area contributed by atoms with Crippen molar-refractivity contribution in [3.63, 3.8) is 0 Å². The van der Waals surface area contributed by atoms with E-state index in [-0.39, 0.29) is 6.09 Å². The number of unbranched alkanes of at least 4 members (excludes halogenated alkanes) is 14. The van der Waals surface area contributed by atoms with E-state index in [1.54, 1.807) is 4.90 Å². The Bertz CT molecular complexity index is 1290. The van der Waals surface area contributed by atoms with Crippen LogP contribution in [0.4, 0.5) is 4.79 Å². The number of hydrogen-bond acceptors (Lipinski definition) is 19. The Hall–Kier alpha value is -1.41. The summed E-state index contributed by atoms with van der Waals surface area (Å²) in [6.45, 7) is 34.8. The standard InChI is InChI=1S/C61H122N6O14/c1-61(2,3)81-60(68)67-34-46-79-58-56-77-44-32-66(33-45-78-57-59-80-47-35-67)25-19-15-11-7-6-10-14-18-24-65-30-42-75-54-52-73-40-28-64(29-41-74-53-55-76-43-31-65)23-17-13-9-5-4-8-12-16-22-63-26-38-71-50-48-69-36-20-62-21-37-70-49-51-72-39-27-63/h62H,4-59H2,1-3H3. The maximum Gasteiger partial charge on any atom is 0.410 e. The summed E-state index contributed by atoms with van der Waals surface area (Å²) >= 11 is 0. The molecule has 81 heavy (non-hydrogen) atoms. The molecule has 1 N–H and O–H groups in total. The van der Waals surface area contributed by atoms with Crippen molar-refractivity contribution in [1.82, 2.24) is 29.8 Å². The third kappa shape index (κ3) is 48.4. The quantitative estimate of drug-likeness (QED) is 0.117. The Morgan fingerprint density at radius 3 is 0.716 bits per heavy atom. The van der Waals surface area contributed by atoms with Gasteiger partial charge in [-0.05, 0) is 72.6 Å². The van der Waals surface area contributed by atoms with Crippen LogP contribution in [0, 0.1) is 0 Å². The average molecular weight is 1160 g/mol. The number of nitrogens with zero attached hydrogens (tertiary/aromatic N) is 5. The minimum atomic E-state index is -0.557. The molecule has 3 rings (SSSR count). The predicted octanol–water partition coefficient (Wildman–Crippen LogP) is 6.50. The molecule has 3 saturated heterocycles. The fourth-order valence-corrected chi connectivity index (χ4v) is 9.67. The van der Waals surface area contributed by atoms with Gasteiger partial charge in [-0.3, -0.25) is 19.6 Å². The normalized spacial score (nSPS) is 21.6. The van der Waals surface area contributed by atoms with Crippen molar-refractivity contribution in [2.75, 3.05) is 263 Å². The Labute approximate surface area is 493 Å². The lowest BCUT2D eigenvalue weighted by atomic mass is 10.1. The van der Waals surface area contributed by atoms with Crippen molar-refractivity contribution in [1.29, 1.82) is 0 Å². The number of hydrogen-bond donors (Lipinski definition) is 1. The molecule has 480 valence electrons. The van der Waals surface area contributed by atoms with E-state index < -0.39 is 5.60 Å². The zero-order chi connectivity index (χ0) is 57.5. The van der Waals surface area contributed by atoms with E-state index in [4.69, 9.17) is 61.6 Å². The van der Waals surface area contributed by atoms with Gasteiger partial charge in [0.1, 0.15) is 5.60 Å². The van der Waals surface area contributed by atoms with E-state index in [1.165, 1.54) is 103 Å². The summed E-state index contributed by atoms with van der Waals surface area (Å²) in [5, 5.41) is 3.33. The first-order valence-corrected chi connectivity index (χ1v) is 32.4. The molecule has 0 spiro atoms. The lowest BCUT2D eigenvalue weighted by molar-refractivity contribution is -0.00639. The van der Waals surface area contributed by atoms with Gasteiger partial charge in [0.15, 0.2) is 0 Å². The zero-order valence-electron chi connectivity index (χ0n) is 52.0. The average Bonchev–Trinajstić information content (AvgIpc) is 3.44. The monoisotopic (exact) mass is 1160 g/mol. The maximum atomic E-state index is 12.7. The molecule has 20 heteroatoms. The van der Waals surface area contributed by atoms with Gasteiger partial charge in [0.05, 0.1) is 159 Å².